The summed E-state index contributed by atoms with van der Waals surface area (Å²) in [5, 5.41) is 24.3. The topological polar surface area (TPSA) is 86.7 Å². The van der Waals surface area contributed by atoms with Crippen LogP contribution in [0.1, 0.15) is 61.6 Å². The van der Waals surface area contributed by atoms with Gasteiger partial charge in [0.05, 0.1) is 19.6 Å². The van der Waals surface area contributed by atoms with Crippen molar-refractivity contribution in [2.45, 2.75) is 76.2 Å². The summed E-state index contributed by atoms with van der Waals surface area (Å²) in [4.78, 5) is 24.3. The second kappa shape index (κ2) is 13.4. The van der Waals surface area contributed by atoms with Gasteiger partial charge in [-0.15, -0.1) is 22.7 Å². The molecular weight excluding hydrogens is 539 g/mol. The van der Waals surface area contributed by atoms with Crippen LogP contribution in [0.2, 0.25) is 0 Å². The van der Waals surface area contributed by atoms with Gasteiger partial charge < -0.3 is 24.2 Å². The minimum atomic E-state index is -5.19. The monoisotopic (exact) mass is 575 g/mol. The fourth-order valence-corrected chi connectivity index (χ4v) is 7.01. The lowest BCUT2D eigenvalue weighted by Gasteiger charge is -2.52. The summed E-state index contributed by atoms with van der Waals surface area (Å²) < 4.78 is 38.8. The molecule has 0 saturated carbocycles. The number of carbonyl (C=O) groups excluding carboxylic acids is 2. The molecule has 38 heavy (non-hydrogen) atoms. The van der Waals surface area contributed by atoms with Crippen LogP contribution in [0.4, 0.5) is 13.2 Å². The number of carboxylic acids is 1. The van der Waals surface area contributed by atoms with Crippen LogP contribution in [0.15, 0.2) is 35.0 Å². The van der Waals surface area contributed by atoms with Gasteiger partial charge in [-0.2, -0.15) is 13.2 Å². The fourth-order valence-electron chi connectivity index (χ4n) is 5.42. The van der Waals surface area contributed by atoms with Crippen molar-refractivity contribution in [1.82, 2.24) is 0 Å². The summed E-state index contributed by atoms with van der Waals surface area (Å²) in [6, 6.07) is 8.12. The van der Waals surface area contributed by atoms with E-state index in [2.05, 4.69) is 24.4 Å². The summed E-state index contributed by atoms with van der Waals surface area (Å²) in [7, 11) is 0. The Morgan fingerprint density at radius 1 is 1.11 bits per heavy atom. The molecule has 0 aliphatic carbocycles. The molecule has 3 saturated heterocycles. The number of esters is 1. The minimum Gasteiger partial charge on any atom is -0.542 e. The molecule has 2 atom stereocenters. The van der Waals surface area contributed by atoms with Gasteiger partial charge in [0.25, 0.3) is 0 Å². The number of hydrogen-bond donors (Lipinski definition) is 1. The average Bonchev–Trinajstić information content (AvgIpc) is 3.60. The fraction of sp³-hybridized carbons (Fsp3) is 0.630. The molecule has 0 amide bonds. The maximum atomic E-state index is 13.3. The molecular formula is C27H36F3NO5S2. The first kappa shape index (κ1) is 30.6. The third kappa shape index (κ3) is 8.03. The van der Waals surface area contributed by atoms with E-state index < -0.39 is 23.7 Å². The number of hydrogen-bond acceptors (Lipinski definition) is 7. The first-order valence-electron chi connectivity index (χ1n) is 13.1. The third-order valence-electron chi connectivity index (χ3n) is 7.58. The van der Waals surface area contributed by atoms with E-state index in [1.54, 1.807) is 0 Å². The number of rotatable bonds is 11. The maximum Gasteiger partial charge on any atom is 0.430 e. The van der Waals surface area contributed by atoms with Gasteiger partial charge in [-0.05, 0) is 42.2 Å². The van der Waals surface area contributed by atoms with Crippen LogP contribution in [0.5, 0.6) is 0 Å². The zero-order chi connectivity index (χ0) is 27.8. The standard InChI is InChI=1S/C25H36NO3S2.C2HF3O2/c1-2-3-4-13-25(28,23-10-7-18-31-23)24(27)29-22-19-26(15-11-20(22)12-16-26)14-5-8-21-9-6-17-30-21;3-2(4,5)1(6)7/h6-7,9-10,17-18,20,22,28H,2-5,8,11-16,19H2,1H3;(H,6,7)/q+1;/p-1/t20?,22-,25?,26?;/m0./s1. The molecule has 3 aliphatic rings. The number of thiophene rings is 2. The number of carboxylic acid groups (broad SMARTS) is 1. The summed E-state index contributed by atoms with van der Waals surface area (Å²) in [6.07, 6.45) is 2.67. The lowest BCUT2D eigenvalue weighted by molar-refractivity contribution is -0.946. The number of nitrogens with zero attached hydrogens (tertiary/aromatic N) is 1. The molecule has 0 spiro atoms. The molecule has 3 fully saturated rings. The van der Waals surface area contributed by atoms with E-state index >= 15 is 0 Å². The number of piperidine rings is 3. The van der Waals surface area contributed by atoms with Crippen molar-refractivity contribution in [2.24, 2.45) is 5.92 Å². The van der Waals surface area contributed by atoms with Crippen molar-refractivity contribution < 1.29 is 42.2 Å². The Morgan fingerprint density at radius 3 is 2.32 bits per heavy atom. The number of unbranched alkanes of at least 4 members (excludes halogenated alkanes) is 2. The molecule has 212 valence electrons. The molecule has 1 N–H and O–H groups in total. The minimum absolute atomic E-state index is 0.0607. The Morgan fingerprint density at radius 2 is 1.76 bits per heavy atom. The van der Waals surface area contributed by atoms with Crippen LogP contribution in [-0.4, -0.2) is 60.0 Å². The third-order valence-corrected chi connectivity index (χ3v) is 9.53. The van der Waals surface area contributed by atoms with E-state index in [0.717, 1.165) is 61.0 Å². The maximum absolute atomic E-state index is 13.3. The van der Waals surface area contributed by atoms with Gasteiger partial charge in [0, 0.05) is 34.9 Å². The summed E-state index contributed by atoms with van der Waals surface area (Å²) in [5.74, 6) is -2.99. The van der Waals surface area contributed by atoms with Crippen molar-refractivity contribution in [3.63, 3.8) is 0 Å². The van der Waals surface area contributed by atoms with E-state index in [4.69, 9.17) is 14.6 Å². The molecule has 11 heteroatoms. The SMILES string of the molecule is CCCCCC(O)(C(=O)O[C@H]1C[N+]2(CCCc3cccs3)CCC1CC2)c1cccs1.O=C([O-])C(F)(F)F. The number of fused-ring (bicyclic) bond motifs is 3. The molecule has 3 aliphatic heterocycles. The van der Waals surface area contributed by atoms with Crippen LogP contribution in [0.25, 0.3) is 0 Å². The van der Waals surface area contributed by atoms with E-state index in [1.807, 2.05) is 28.8 Å². The van der Waals surface area contributed by atoms with Crippen LogP contribution in [-0.2, 0) is 26.3 Å². The predicted molar refractivity (Wildman–Crippen MR) is 138 cm³/mol. The zero-order valence-electron chi connectivity index (χ0n) is 21.6. The van der Waals surface area contributed by atoms with E-state index in [0.29, 0.717) is 12.3 Å². The number of alkyl halides is 3. The Hall–Kier alpha value is -1.95. The first-order valence-corrected chi connectivity index (χ1v) is 14.9. The molecule has 0 radical (unpaired) electrons. The number of aliphatic hydroxyl groups is 1. The first-order chi connectivity index (χ1) is 18.0. The van der Waals surface area contributed by atoms with Crippen molar-refractivity contribution >= 4 is 34.6 Å². The normalized spacial score (nSPS) is 24.2. The van der Waals surface area contributed by atoms with Gasteiger partial charge in [0.15, 0.2) is 11.7 Å². The molecule has 0 aromatic carbocycles. The Labute approximate surface area is 229 Å². The second-order valence-electron chi connectivity index (χ2n) is 10.2. The van der Waals surface area contributed by atoms with Crippen molar-refractivity contribution in [3.05, 3.63) is 44.8 Å². The zero-order valence-corrected chi connectivity index (χ0v) is 23.2. The highest BCUT2D eigenvalue weighted by Crippen LogP contribution is 2.39. The second-order valence-corrected chi connectivity index (χ2v) is 12.2. The molecule has 1 unspecified atom stereocenters. The van der Waals surface area contributed by atoms with Gasteiger partial charge >= 0.3 is 12.1 Å². The van der Waals surface area contributed by atoms with Gasteiger partial charge in [0.1, 0.15) is 12.5 Å². The smallest absolute Gasteiger partial charge is 0.430 e. The van der Waals surface area contributed by atoms with Gasteiger partial charge in [-0.3, -0.25) is 0 Å². The number of aliphatic carboxylic acids is 1. The van der Waals surface area contributed by atoms with Gasteiger partial charge in [0.2, 0.25) is 0 Å². The number of carbonyl (C=O) groups is 2. The van der Waals surface area contributed by atoms with E-state index in [1.165, 1.54) is 35.7 Å². The van der Waals surface area contributed by atoms with Crippen LogP contribution in [0, 0.1) is 5.92 Å². The van der Waals surface area contributed by atoms with Gasteiger partial charge in [-0.1, -0.05) is 31.9 Å². The quantitative estimate of drug-likeness (QED) is 0.239. The molecule has 2 aromatic heterocycles. The average molecular weight is 576 g/mol. The number of halogens is 3. The Kier molecular flexibility index (Phi) is 10.8. The number of ether oxygens (including phenoxy) is 1. The van der Waals surface area contributed by atoms with Crippen molar-refractivity contribution in [3.8, 4) is 0 Å². The molecule has 2 aromatic rings. The van der Waals surface area contributed by atoms with Crippen molar-refractivity contribution in [1.29, 1.82) is 0 Å². The highest BCUT2D eigenvalue weighted by atomic mass is 32.1. The predicted octanol–water partition coefficient (Wildman–Crippen LogP) is 4.66. The Balaban J connectivity index is 0.000000505. The lowest BCUT2D eigenvalue weighted by atomic mass is 9.82. The highest BCUT2D eigenvalue weighted by Gasteiger charge is 2.49. The summed E-state index contributed by atoms with van der Waals surface area (Å²) in [5.41, 5.74) is -1.50. The molecule has 2 bridgehead atoms. The van der Waals surface area contributed by atoms with E-state index in [9.17, 15) is 23.1 Å². The van der Waals surface area contributed by atoms with Crippen molar-refractivity contribution in [2.75, 3.05) is 26.2 Å². The number of aryl methyl sites for hydroxylation is 1. The van der Waals surface area contributed by atoms with E-state index in [-0.39, 0.29) is 6.10 Å². The largest absolute Gasteiger partial charge is 0.542 e. The summed E-state index contributed by atoms with van der Waals surface area (Å²) in [6.45, 7) is 6.61. The molecule has 5 rings (SSSR count). The van der Waals surface area contributed by atoms with Crippen LogP contribution < -0.4 is 5.11 Å². The number of quaternary nitrogens is 1. The summed E-state index contributed by atoms with van der Waals surface area (Å²) >= 11 is 3.29. The van der Waals surface area contributed by atoms with Gasteiger partial charge in [-0.25, -0.2) is 4.79 Å². The van der Waals surface area contributed by atoms with Crippen LogP contribution in [0.3, 0.4) is 0 Å². The molecule has 6 nitrogen and oxygen atoms in total. The van der Waals surface area contributed by atoms with Crippen LogP contribution >= 0.6 is 22.7 Å². The highest BCUT2D eigenvalue weighted by molar-refractivity contribution is 7.10. The Bertz CT molecular complexity index is 1000. The lowest BCUT2D eigenvalue weighted by Crippen LogP contribution is -2.65. The molecule has 5 heterocycles.